The van der Waals surface area contributed by atoms with Crippen molar-refractivity contribution in [2.75, 3.05) is 18.3 Å². The third kappa shape index (κ3) is 3.40. The van der Waals surface area contributed by atoms with Crippen molar-refractivity contribution in [1.82, 2.24) is 19.6 Å². The van der Waals surface area contributed by atoms with Crippen molar-refractivity contribution >= 4 is 58.2 Å². The average Bonchev–Trinajstić information content (AvgIpc) is 3.10. The van der Waals surface area contributed by atoms with Gasteiger partial charge in [0.05, 0.1) is 0 Å². The van der Waals surface area contributed by atoms with E-state index in [9.17, 15) is 28.7 Å². The Morgan fingerprint density at radius 2 is 2.29 bits per heavy atom. The van der Waals surface area contributed by atoms with Gasteiger partial charge in [0.2, 0.25) is 11.5 Å². The van der Waals surface area contributed by atoms with E-state index in [0.29, 0.717) is 6.29 Å². The number of nitrogens with one attached hydrogen (secondary N) is 1. The monoisotopic (exact) mass is 430 g/mol. The number of aromatic nitrogens is 2. The fourth-order valence-corrected chi connectivity index (χ4v) is 4.27. The highest BCUT2D eigenvalue weighted by Gasteiger charge is 2.54. The molecule has 2 aliphatic rings. The Balaban J connectivity index is 1.80. The molecule has 0 saturated carbocycles. The van der Waals surface area contributed by atoms with E-state index < -0.39 is 47.5 Å². The number of amides is 2. The number of rotatable bonds is 7. The molecule has 2 atom stereocenters. The number of fused-ring (bicyclic) bond motifs is 1. The number of nitrogens with zero attached hydrogens (tertiary/aromatic N) is 4. The molecule has 1 saturated heterocycles. The molecule has 0 aliphatic carbocycles. The highest BCUT2D eigenvalue weighted by atomic mass is 32.2. The normalized spacial score (nSPS) is 21.7. The Morgan fingerprint density at radius 3 is 2.86 bits per heavy atom. The number of nitrogen functional groups attached to an aromatic ring is 1. The number of thioether (sulfide) groups is 1. The van der Waals surface area contributed by atoms with E-state index in [0.717, 1.165) is 28.2 Å². The van der Waals surface area contributed by atoms with Crippen molar-refractivity contribution in [3.63, 3.8) is 0 Å². The molecular formula is C13H11FN6O6S2. The lowest BCUT2D eigenvalue weighted by Crippen LogP contribution is -2.71. The van der Waals surface area contributed by atoms with E-state index in [4.69, 9.17) is 5.73 Å². The molecule has 15 heteroatoms. The zero-order valence-corrected chi connectivity index (χ0v) is 15.3. The number of carboxylic acid groups (broad SMARTS) is 1. The fourth-order valence-electron chi connectivity index (χ4n) is 2.55. The van der Waals surface area contributed by atoms with Gasteiger partial charge in [0.15, 0.2) is 5.13 Å². The second-order valence-electron chi connectivity index (χ2n) is 5.29. The van der Waals surface area contributed by atoms with E-state index in [1.165, 1.54) is 0 Å². The highest BCUT2D eigenvalue weighted by Crippen LogP contribution is 2.39. The van der Waals surface area contributed by atoms with Crippen LogP contribution >= 0.6 is 23.3 Å². The summed E-state index contributed by atoms with van der Waals surface area (Å²) >= 11 is 1.88. The third-order valence-electron chi connectivity index (χ3n) is 3.70. The number of hydrogen-bond donors (Lipinski definition) is 3. The molecule has 3 rings (SSSR count). The number of aliphatic carboxylic acids is 1. The van der Waals surface area contributed by atoms with Gasteiger partial charge in [-0.2, -0.15) is 9.36 Å². The second kappa shape index (κ2) is 7.89. The first-order chi connectivity index (χ1) is 13.4. The van der Waals surface area contributed by atoms with Gasteiger partial charge >= 0.3 is 5.97 Å². The van der Waals surface area contributed by atoms with Gasteiger partial charge in [0, 0.05) is 22.9 Å². The minimum absolute atomic E-state index is 0.0297. The van der Waals surface area contributed by atoms with Gasteiger partial charge < -0.3 is 21.0 Å². The largest absolute Gasteiger partial charge is 0.477 e. The molecule has 12 nitrogen and oxygen atoms in total. The number of anilines is 1. The number of halogens is 1. The lowest BCUT2D eigenvalue weighted by atomic mass is 10.0. The number of nitrogens with two attached hydrogens (primary N) is 1. The quantitative estimate of drug-likeness (QED) is 0.204. The van der Waals surface area contributed by atoms with Crippen LogP contribution in [0, 0.1) is 0 Å². The molecule has 2 amide bonds. The summed E-state index contributed by atoms with van der Waals surface area (Å²) < 4.78 is 16.1. The zero-order chi connectivity index (χ0) is 20.4. The Hall–Kier alpha value is -3.07. The maximum absolute atomic E-state index is 12.5. The lowest BCUT2D eigenvalue weighted by Gasteiger charge is -2.48. The highest BCUT2D eigenvalue weighted by molar-refractivity contribution is 8.00. The Kier molecular flexibility index (Phi) is 5.55. The lowest BCUT2D eigenvalue weighted by molar-refractivity contribution is -0.150. The molecule has 0 spiro atoms. The SMILES string of the molecule is Nc1nc(/C(=N/OCF)C(=O)NC2C(=O)N3C(C(=O)O)=C(C=O)CS[C@@H]23)ns1. The number of hydrogen-bond acceptors (Lipinski definition) is 11. The maximum Gasteiger partial charge on any atom is 0.353 e. The van der Waals surface area contributed by atoms with Crippen molar-refractivity contribution in [1.29, 1.82) is 0 Å². The van der Waals surface area contributed by atoms with E-state index in [-0.39, 0.29) is 22.3 Å². The summed E-state index contributed by atoms with van der Waals surface area (Å²) in [7, 11) is 0. The molecule has 1 fully saturated rings. The summed E-state index contributed by atoms with van der Waals surface area (Å²) in [6.07, 6.45) is 0.378. The molecule has 0 aromatic carbocycles. The third-order valence-corrected chi connectivity index (χ3v) is 5.55. The first kappa shape index (κ1) is 19.7. The number of oxime groups is 1. The molecule has 1 unspecified atom stereocenters. The number of alkyl halides is 1. The predicted molar refractivity (Wildman–Crippen MR) is 93.7 cm³/mol. The van der Waals surface area contributed by atoms with E-state index in [1.807, 2.05) is 0 Å². The number of carbonyl (C=O) groups is 4. The van der Waals surface area contributed by atoms with Crippen LogP contribution in [0.1, 0.15) is 5.82 Å². The molecule has 28 heavy (non-hydrogen) atoms. The summed E-state index contributed by atoms with van der Waals surface area (Å²) in [5.74, 6) is -3.25. The van der Waals surface area contributed by atoms with Crippen LogP contribution in [-0.4, -0.2) is 73.2 Å². The van der Waals surface area contributed by atoms with Crippen LogP contribution in [-0.2, 0) is 24.0 Å². The van der Waals surface area contributed by atoms with Gasteiger partial charge in [-0.05, 0) is 0 Å². The number of carbonyl (C=O) groups excluding carboxylic acids is 3. The molecule has 148 valence electrons. The van der Waals surface area contributed by atoms with Crippen LogP contribution in [0.2, 0.25) is 0 Å². The first-order valence-electron chi connectivity index (χ1n) is 7.41. The van der Waals surface area contributed by atoms with Gasteiger partial charge in [-0.25, -0.2) is 9.18 Å². The second-order valence-corrected chi connectivity index (χ2v) is 7.18. The van der Waals surface area contributed by atoms with E-state index in [1.54, 1.807) is 0 Å². The number of β-lactam (4-membered cyclic amide) rings is 1. The van der Waals surface area contributed by atoms with Crippen molar-refractivity contribution < 1.29 is 33.5 Å². The van der Waals surface area contributed by atoms with Gasteiger partial charge in [-0.3, -0.25) is 19.3 Å². The van der Waals surface area contributed by atoms with Gasteiger partial charge in [0.1, 0.15) is 23.4 Å². The first-order valence-corrected chi connectivity index (χ1v) is 9.23. The minimum atomic E-state index is -1.42. The van der Waals surface area contributed by atoms with Crippen LogP contribution in [0.15, 0.2) is 16.4 Å². The molecule has 3 heterocycles. The zero-order valence-electron chi connectivity index (χ0n) is 13.7. The predicted octanol–water partition coefficient (Wildman–Crippen LogP) is -1.29. The molecule has 0 radical (unpaired) electrons. The summed E-state index contributed by atoms with van der Waals surface area (Å²) in [5, 5.41) is 14.3. The van der Waals surface area contributed by atoms with Crippen LogP contribution in [0.4, 0.5) is 9.52 Å². The van der Waals surface area contributed by atoms with E-state index >= 15 is 0 Å². The summed E-state index contributed by atoms with van der Waals surface area (Å²) in [6, 6.07) is -1.09. The van der Waals surface area contributed by atoms with Crippen molar-refractivity contribution in [3.8, 4) is 0 Å². The molecule has 1 aromatic heterocycles. The van der Waals surface area contributed by atoms with Gasteiger partial charge in [-0.1, -0.05) is 5.16 Å². The number of carboxylic acids is 1. The van der Waals surface area contributed by atoms with Crippen LogP contribution in [0.25, 0.3) is 0 Å². The van der Waals surface area contributed by atoms with Gasteiger partial charge in [0.25, 0.3) is 18.7 Å². The smallest absolute Gasteiger partial charge is 0.353 e. The summed E-state index contributed by atoms with van der Waals surface area (Å²) in [5.41, 5.74) is 4.50. The average molecular weight is 430 g/mol. The molecule has 1 aromatic rings. The summed E-state index contributed by atoms with van der Waals surface area (Å²) in [6.45, 7) is -1.31. The Bertz CT molecular complexity index is 917. The van der Waals surface area contributed by atoms with Crippen molar-refractivity contribution in [2.24, 2.45) is 5.16 Å². The van der Waals surface area contributed by atoms with Gasteiger partial charge in [-0.15, -0.1) is 11.8 Å². The Morgan fingerprint density at radius 1 is 1.54 bits per heavy atom. The minimum Gasteiger partial charge on any atom is -0.477 e. The Labute approximate surface area is 163 Å². The summed E-state index contributed by atoms with van der Waals surface area (Å²) in [4.78, 5) is 56.3. The fraction of sp³-hybridized carbons (Fsp3) is 0.308. The maximum atomic E-state index is 12.5. The van der Waals surface area contributed by atoms with Crippen LogP contribution < -0.4 is 11.1 Å². The molecular weight excluding hydrogens is 419 g/mol. The molecule has 2 aliphatic heterocycles. The van der Waals surface area contributed by atoms with Crippen molar-refractivity contribution in [3.05, 3.63) is 17.1 Å². The molecule has 4 N–H and O–H groups in total. The molecule has 0 bridgehead atoms. The van der Waals surface area contributed by atoms with Crippen LogP contribution in [0.3, 0.4) is 0 Å². The number of aldehydes is 1. The van der Waals surface area contributed by atoms with Crippen LogP contribution in [0.5, 0.6) is 0 Å². The van der Waals surface area contributed by atoms with E-state index in [2.05, 4.69) is 24.7 Å². The standard InChI is InChI=1S/C13H11FN6O6S2/c14-3-26-18-5(8-17-13(15)28-19-8)9(22)16-6-10(23)20-7(12(24)25)4(1-21)2-27-11(6)20/h1,6,11H,2-3H2,(H,16,22)(H,24,25)(H2,15,17,19)/b18-5-/t6?,11-/m0/s1. The topological polar surface area (TPSA) is 177 Å². The van der Waals surface area contributed by atoms with Crippen molar-refractivity contribution in [2.45, 2.75) is 11.4 Å².